The van der Waals surface area contributed by atoms with Gasteiger partial charge in [0.05, 0.1) is 25.5 Å². The normalized spacial score (nSPS) is 9.81. The van der Waals surface area contributed by atoms with E-state index in [1.165, 1.54) is 0 Å². The van der Waals surface area contributed by atoms with Gasteiger partial charge in [0.2, 0.25) is 0 Å². The van der Waals surface area contributed by atoms with Crippen LogP contribution in [0.3, 0.4) is 0 Å². The van der Waals surface area contributed by atoms with E-state index in [1.807, 2.05) is 30.3 Å². The van der Waals surface area contributed by atoms with Gasteiger partial charge >= 0.3 is 0 Å². The fourth-order valence-corrected chi connectivity index (χ4v) is 1.29. The number of ether oxygens (including phenoxy) is 1. The molecule has 0 aliphatic rings. The van der Waals surface area contributed by atoms with Crippen LogP contribution in [-0.4, -0.2) is 17.1 Å². The predicted molar refractivity (Wildman–Crippen MR) is 62.4 cm³/mol. The summed E-state index contributed by atoms with van der Waals surface area (Å²) in [7, 11) is 1.62. The Kier molecular flexibility index (Phi) is 3.33. The van der Waals surface area contributed by atoms with Crippen molar-refractivity contribution in [2.24, 2.45) is 0 Å². The lowest BCUT2D eigenvalue weighted by Gasteiger charge is -2.05. The summed E-state index contributed by atoms with van der Waals surface area (Å²) >= 11 is 0. The zero-order valence-corrected chi connectivity index (χ0v) is 9.05. The second-order valence-electron chi connectivity index (χ2n) is 3.26. The molecule has 0 aliphatic heterocycles. The molecule has 2 aromatic rings. The predicted octanol–water partition coefficient (Wildman–Crippen LogP) is 2.10. The van der Waals surface area contributed by atoms with Crippen molar-refractivity contribution in [3.05, 3.63) is 48.4 Å². The summed E-state index contributed by atoms with van der Waals surface area (Å²) in [5.74, 6) is 1.56. The van der Waals surface area contributed by atoms with Crippen molar-refractivity contribution in [3.63, 3.8) is 0 Å². The fourth-order valence-electron chi connectivity index (χ4n) is 1.29. The Morgan fingerprint density at radius 2 is 2.12 bits per heavy atom. The van der Waals surface area contributed by atoms with E-state index < -0.39 is 0 Å². The lowest BCUT2D eigenvalue weighted by Crippen LogP contribution is -2.02. The van der Waals surface area contributed by atoms with Crippen LogP contribution in [0.4, 0.5) is 5.82 Å². The van der Waals surface area contributed by atoms with E-state index in [0.29, 0.717) is 6.54 Å². The number of nitrogens with one attached hydrogen (secondary N) is 1. The van der Waals surface area contributed by atoms with Gasteiger partial charge < -0.3 is 10.1 Å². The molecule has 4 heteroatoms. The minimum Gasteiger partial charge on any atom is -0.495 e. The molecule has 0 saturated carbocycles. The molecule has 0 aliphatic carbocycles. The maximum atomic E-state index is 5.03. The van der Waals surface area contributed by atoms with Gasteiger partial charge in [-0.05, 0) is 24.3 Å². The van der Waals surface area contributed by atoms with Crippen LogP contribution in [0.2, 0.25) is 0 Å². The maximum absolute atomic E-state index is 5.03. The van der Waals surface area contributed by atoms with Crippen molar-refractivity contribution in [2.75, 3.05) is 12.4 Å². The van der Waals surface area contributed by atoms with Crippen LogP contribution in [0.25, 0.3) is 0 Å². The molecule has 0 atom stereocenters. The maximum Gasteiger partial charge on any atom is 0.137 e. The first-order valence-corrected chi connectivity index (χ1v) is 5.02. The minimum atomic E-state index is 0.667. The van der Waals surface area contributed by atoms with Crippen molar-refractivity contribution in [2.45, 2.75) is 6.54 Å². The number of pyridine rings is 2. The zero-order chi connectivity index (χ0) is 11.2. The highest BCUT2D eigenvalue weighted by Crippen LogP contribution is 2.11. The van der Waals surface area contributed by atoms with E-state index in [1.54, 1.807) is 19.5 Å². The third-order valence-corrected chi connectivity index (χ3v) is 2.15. The Morgan fingerprint density at radius 1 is 1.19 bits per heavy atom. The molecule has 0 fully saturated rings. The number of hydrogen-bond donors (Lipinski definition) is 1. The molecule has 16 heavy (non-hydrogen) atoms. The minimum absolute atomic E-state index is 0.667. The van der Waals surface area contributed by atoms with E-state index in [-0.39, 0.29) is 0 Å². The van der Waals surface area contributed by atoms with E-state index >= 15 is 0 Å². The van der Waals surface area contributed by atoms with Gasteiger partial charge in [-0.3, -0.25) is 4.98 Å². The van der Waals surface area contributed by atoms with Gasteiger partial charge in [-0.25, -0.2) is 4.98 Å². The zero-order valence-electron chi connectivity index (χ0n) is 9.05. The molecule has 0 bridgehead atoms. The van der Waals surface area contributed by atoms with Crippen LogP contribution < -0.4 is 10.1 Å². The van der Waals surface area contributed by atoms with Gasteiger partial charge in [0, 0.05) is 6.20 Å². The largest absolute Gasteiger partial charge is 0.495 e. The molecular weight excluding hydrogens is 202 g/mol. The van der Waals surface area contributed by atoms with Gasteiger partial charge in [-0.2, -0.15) is 0 Å². The Morgan fingerprint density at radius 3 is 2.75 bits per heavy atom. The highest BCUT2D eigenvalue weighted by atomic mass is 16.5. The number of nitrogens with zero attached hydrogens (tertiary/aromatic N) is 2. The quantitative estimate of drug-likeness (QED) is 0.848. The van der Waals surface area contributed by atoms with Crippen LogP contribution in [-0.2, 0) is 6.54 Å². The highest BCUT2D eigenvalue weighted by molar-refractivity contribution is 5.37. The standard InChI is InChI=1S/C12H13N3O/c1-16-11-5-6-12(15-9-11)14-8-10-4-2-3-7-13-10/h2-7,9H,8H2,1H3,(H,14,15). The van der Waals surface area contributed by atoms with E-state index in [9.17, 15) is 0 Å². The number of anilines is 1. The molecular formula is C12H13N3O. The summed E-state index contributed by atoms with van der Waals surface area (Å²) in [6.45, 7) is 0.667. The SMILES string of the molecule is COc1ccc(NCc2ccccn2)nc1. The summed E-state index contributed by atoms with van der Waals surface area (Å²) in [5.41, 5.74) is 0.986. The third-order valence-electron chi connectivity index (χ3n) is 2.15. The van der Waals surface area contributed by atoms with Crippen molar-refractivity contribution in [1.82, 2.24) is 9.97 Å². The molecule has 0 amide bonds. The molecule has 4 nitrogen and oxygen atoms in total. The highest BCUT2D eigenvalue weighted by Gasteiger charge is 1.96. The average Bonchev–Trinajstić information content (AvgIpc) is 2.38. The van der Waals surface area contributed by atoms with Gasteiger partial charge in [0.1, 0.15) is 11.6 Å². The van der Waals surface area contributed by atoms with Crippen LogP contribution in [0.1, 0.15) is 5.69 Å². The molecule has 2 aromatic heterocycles. The first-order valence-electron chi connectivity index (χ1n) is 5.02. The Labute approximate surface area is 94.3 Å². The van der Waals surface area contributed by atoms with Crippen molar-refractivity contribution >= 4 is 5.82 Å². The molecule has 1 N–H and O–H groups in total. The summed E-state index contributed by atoms with van der Waals surface area (Å²) in [4.78, 5) is 8.41. The molecule has 0 saturated heterocycles. The summed E-state index contributed by atoms with van der Waals surface area (Å²) in [6.07, 6.45) is 3.46. The van der Waals surface area contributed by atoms with Gasteiger partial charge in [-0.15, -0.1) is 0 Å². The number of hydrogen-bond acceptors (Lipinski definition) is 4. The average molecular weight is 215 g/mol. The molecule has 0 radical (unpaired) electrons. The number of rotatable bonds is 4. The van der Waals surface area contributed by atoms with Gasteiger partial charge in [0.25, 0.3) is 0 Å². The fraction of sp³-hybridized carbons (Fsp3) is 0.167. The summed E-state index contributed by atoms with van der Waals surface area (Å²) < 4.78 is 5.03. The van der Waals surface area contributed by atoms with Gasteiger partial charge in [-0.1, -0.05) is 6.07 Å². The summed E-state index contributed by atoms with van der Waals surface area (Å²) in [5, 5.41) is 3.18. The molecule has 2 rings (SSSR count). The Hall–Kier alpha value is -2.10. The second kappa shape index (κ2) is 5.11. The first kappa shape index (κ1) is 10.4. The first-order chi connectivity index (χ1) is 7.88. The molecule has 0 aromatic carbocycles. The van der Waals surface area contributed by atoms with Crippen molar-refractivity contribution < 1.29 is 4.74 Å². The van der Waals surface area contributed by atoms with E-state index in [2.05, 4.69) is 15.3 Å². The van der Waals surface area contributed by atoms with Crippen molar-refractivity contribution in [3.8, 4) is 5.75 Å². The second-order valence-corrected chi connectivity index (χ2v) is 3.26. The van der Waals surface area contributed by atoms with Crippen LogP contribution >= 0.6 is 0 Å². The van der Waals surface area contributed by atoms with E-state index in [0.717, 1.165) is 17.3 Å². The van der Waals surface area contributed by atoms with Crippen molar-refractivity contribution in [1.29, 1.82) is 0 Å². The topological polar surface area (TPSA) is 47.0 Å². The smallest absolute Gasteiger partial charge is 0.137 e. The van der Waals surface area contributed by atoms with Gasteiger partial charge in [0.15, 0.2) is 0 Å². The number of methoxy groups -OCH3 is 1. The third kappa shape index (κ3) is 2.70. The lowest BCUT2D eigenvalue weighted by molar-refractivity contribution is 0.413. The molecule has 0 spiro atoms. The summed E-state index contributed by atoms with van der Waals surface area (Å²) in [6, 6.07) is 9.58. The van der Waals surface area contributed by atoms with E-state index in [4.69, 9.17) is 4.74 Å². The van der Waals surface area contributed by atoms with Crippen LogP contribution in [0.5, 0.6) is 5.75 Å². The Bertz CT molecular complexity index is 428. The Balaban J connectivity index is 1.94. The van der Waals surface area contributed by atoms with Crippen LogP contribution in [0.15, 0.2) is 42.7 Å². The molecule has 2 heterocycles. The molecule has 82 valence electrons. The van der Waals surface area contributed by atoms with Crippen LogP contribution in [0, 0.1) is 0 Å². The molecule has 0 unspecified atom stereocenters. The lowest BCUT2D eigenvalue weighted by atomic mass is 10.3. The number of aromatic nitrogens is 2. The monoisotopic (exact) mass is 215 g/mol.